The Hall–Kier alpha value is -5.99. The number of esters is 1. The molecule has 520 valence electrons. The van der Waals surface area contributed by atoms with Crippen molar-refractivity contribution in [2.45, 2.75) is 122 Å². The lowest BCUT2D eigenvalue weighted by Crippen LogP contribution is -2.14. The van der Waals surface area contributed by atoms with E-state index in [-0.39, 0.29) is 26.5 Å². The molecule has 0 saturated carbocycles. The van der Waals surface area contributed by atoms with Crippen LogP contribution < -0.4 is 11.5 Å². The van der Waals surface area contributed by atoms with Crippen LogP contribution in [0.15, 0.2) is 259 Å². The van der Waals surface area contributed by atoms with Crippen molar-refractivity contribution in [2.24, 2.45) is 11.7 Å². The van der Waals surface area contributed by atoms with E-state index >= 15 is 0 Å². The van der Waals surface area contributed by atoms with Gasteiger partial charge in [-0.1, -0.05) is 204 Å². The van der Waals surface area contributed by atoms with Gasteiger partial charge >= 0.3 is 5.97 Å². The fourth-order valence-corrected chi connectivity index (χ4v) is 18.9. The number of hydrogen-bond acceptors (Lipinski definition) is 19. The Bertz CT molecular complexity index is 4500. The highest BCUT2D eigenvalue weighted by atomic mass is 79.9. The van der Waals surface area contributed by atoms with E-state index in [0.717, 1.165) is 64.1 Å². The van der Waals surface area contributed by atoms with Crippen LogP contribution in [0.1, 0.15) is 74.8 Å². The van der Waals surface area contributed by atoms with Crippen LogP contribution in [0.5, 0.6) is 0 Å². The molecule has 0 fully saturated rings. The fraction of sp³-hybridized carbons (Fsp3) is 0.247. The van der Waals surface area contributed by atoms with E-state index in [9.17, 15) is 21.6 Å². The zero-order valence-electron chi connectivity index (χ0n) is 56.8. The topological polar surface area (TPSA) is 185 Å². The van der Waals surface area contributed by atoms with Gasteiger partial charge in [0.2, 0.25) is 9.84 Å². The van der Waals surface area contributed by atoms with Gasteiger partial charge < -0.3 is 16.2 Å². The van der Waals surface area contributed by atoms with Crippen molar-refractivity contribution < 1.29 is 26.4 Å². The Balaban J connectivity index is 0.000000181. The summed E-state index contributed by atoms with van der Waals surface area (Å²) in [7, 11) is -7.52. The number of halogens is 1. The molecule has 0 spiro atoms. The molecule has 11 nitrogen and oxygen atoms in total. The van der Waals surface area contributed by atoms with Crippen LogP contribution in [0.4, 0.5) is 5.69 Å². The minimum absolute atomic E-state index is 0.0285. The van der Waals surface area contributed by atoms with Crippen molar-refractivity contribution >= 4 is 140 Å². The number of aromatic nitrogens is 3. The second kappa shape index (κ2) is 41.8. The molecule has 8 aromatic carbocycles. The first-order chi connectivity index (χ1) is 47.8. The highest BCUT2D eigenvalue weighted by molar-refractivity contribution is 9.11. The van der Waals surface area contributed by atoms with Gasteiger partial charge in [-0.2, -0.15) is 0 Å². The molecular weight excluding hydrogens is 1490 g/mol. The van der Waals surface area contributed by atoms with Crippen molar-refractivity contribution in [3.8, 4) is 44.5 Å². The number of sulfone groups is 2. The van der Waals surface area contributed by atoms with Gasteiger partial charge in [0, 0.05) is 59.8 Å². The van der Waals surface area contributed by atoms with E-state index in [1.807, 2.05) is 60.6 Å². The Labute approximate surface area is 628 Å². The summed E-state index contributed by atoms with van der Waals surface area (Å²) < 4.78 is 58.1. The quantitative estimate of drug-likeness (QED) is 0.0312. The molecule has 0 aliphatic heterocycles. The van der Waals surface area contributed by atoms with Gasteiger partial charge in [0.1, 0.15) is 9.22 Å². The number of ether oxygens (including phenoxy) is 1. The zero-order valence-corrected chi connectivity index (χ0v) is 66.5. The Morgan fingerprint density at radius 1 is 0.566 bits per heavy atom. The molecule has 22 heteroatoms. The van der Waals surface area contributed by atoms with Gasteiger partial charge in [-0.25, -0.2) is 31.8 Å². The lowest BCUT2D eigenvalue weighted by Gasteiger charge is -2.15. The predicted molar refractivity (Wildman–Crippen MR) is 430 cm³/mol. The van der Waals surface area contributed by atoms with E-state index in [1.54, 1.807) is 94.0 Å². The van der Waals surface area contributed by atoms with Crippen molar-refractivity contribution in [3.63, 3.8) is 0 Å². The number of nitrogen functional groups attached to an aromatic ring is 1. The van der Waals surface area contributed by atoms with Gasteiger partial charge in [-0.3, -0.25) is 4.79 Å². The van der Waals surface area contributed by atoms with Crippen LogP contribution in [0, 0.1) is 5.92 Å². The van der Waals surface area contributed by atoms with Crippen molar-refractivity contribution in [1.29, 1.82) is 0 Å². The van der Waals surface area contributed by atoms with E-state index in [4.69, 9.17) is 16.2 Å². The normalized spacial score (nSPS) is 11.3. The maximum absolute atomic E-state index is 13.2. The van der Waals surface area contributed by atoms with Crippen LogP contribution in [0.3, 0.4) is 0 Å². The summed E-state index contributed by atoms with van der Waals surface area (Å²) in [5, 5.41) is 2.88. The maximum atomic E-state index is 13.2. The average molecular weight is 1580 g/mol. The Morgan fingerprint density at radius 2 is 1.05 bits per heavy atom. The van der Waals surface area contributed by atoms with Crippen LogP contribution in [-0.4, -0.2) is 75.1 Å². The summed E-state index contributed by atoms with van der Waals surface area (Å²) in [6, 6.07) is 63.7. The molecule has 1 atom stereocenters. The fourth-order valence-electron chi connectivity index (χ4n) is 9.65. The van der Waals surface area contributed by atoms with Crippen molar-refractivity contribution in [2.75, 3.05) is 43.1 Å². The molecule has 4 N–H and O–H groups in total. The van der Waals surface area contributed by atoms with Crippen LogP contribution in [0.25, 0.3) is 44.5 Å². The highest BCUT2D eigenvalue weighted by Gasteiger charge is 2.27. The Kier molecular flexibility index (Phi) is 33.9. The second-order valence-electron chi connectivity index (χ2n) is 22.0. The van der Waals surface area contributed by atoms with E-state index in [0.29, 0.717) is 35.1 Å². The number of aryl methyl sites for hydroxylation is 2. The largest absolute Gasteiger partial charge is 0.465 e. The first kappa shape index (κ1) is 80.3. The van der Waals surface area contributed by atoms with Gasteiger partial charge in [0.05, 0.1) is 59.4 Å². The van der Waals surface area contributed by atoms with Gasteiger partial charge in [0.15, 0.2) is 9.84 Å². The summed E-state index contributed by atoms with van der Waals surface area (Å²) >= 11 is 16.6. The van der Waals surface area contributed by atoms with Gasteiger partial charge in [-0.05, 0) is 142 Å². The molecule has 0 aliphatic carbocycles. The molecule has 0 bridgehead atoms. The lowest BCUT2D eigenvalue weighted by molar-refractivity contribution is -0.144. The Morgan fingerprint density at radius 3 is 1.52 bits per heavy atom. The van der Waals surface area contributed by atoms with Crippen LogP contribution >= 0.6 is 109 Å². The first-order valence-corrected chi connectivity index (χ1v) is 44.2. The number of rotatable bonds is 25. The van der Waals surface area contributed by atoms with E-state index < -0.39 is 19.7 Å². The molecule has 11 aromatic rings. The number of carbonyl (C=O) groups excluding carboxylic acids is 1. The maximum Gasteiger partial charge on any atom is 0.306 e. The molecule has 3 aromatic heterocycles. The number of unbranched alkanes of at least 4 members (excludes halogenated alkanes) is 1. The minimum Gasteiger partial charge on any atom is -0.465 e. The smallest absolute Gasteiger partial charge is 0.306 e. The monoisotopic (exact) mass is 1570 g/mol. The third kappa shape index (κ3) is 25.2. The molecule has 99 heavy (non-hydrogen) atoms. The molecule has 0 amide bonds. The summed E-state index contributed by atoms with van der Waals surface area (Å²) in [4.78, 5) is 30.9. The van der Waals surface area contributed by atoms with Gasteiger partial charge in [-0.15, -0.1) is 81.1 Å². The number of thiazole rings is 3. The molecule has 3 heterocycles. The lowest BCUT2D eigenvalue weighted by atomic mass is 10.0. The zero-order chi connectivity index (χ0) is 71.2. The number of nitrogens with zero attached hydrogens (tertiary/aromatic N) is 3. The van der Waals surface area contributed by atoms with E-state index in [2.05, 4.69) is 193 Å². The molecular formula is C77H84BrN5O6S10. The first-order valence-electron chi connectivity index (χ1n) is 32.1. The second-order valence-corrected chi connectivity index (χ2v) is 36.0. The SMILES string of the molecule is CCCCC(CC)COC(=O)CCSc1cc(SC)ccc1-c1ccccc1.CCc1ncc(Br)s1.CCc1ncc(Sc2cc(SC)ccc2-c2ccccc2)s1.CS(=O)(=O)c1ccc(-c2ccccc2)c(S(=O)(=O)c2cnc(CN)s2)c1.CSc1ccc(-c2ccccc2)c(N)c1. The average Bonchev–Trinajstić information content (AvgIpc) is 1.76. The summed E-state index contributed by atoms with van der Waals surface area (Å²) in [6.07, 6.45) is 19.5. The number of carbonyl (C=O) groups is 1. The molecule has 11 rings (SSSR count). The number of benzene rings is 8. The van der Waals surface area contributed by atoms with E-state index in [1.165, 1.54) is 104 Å². The number of anilines is 1. The molecule has 0 radical (unpaired) electrons. The number of hydrogen-bond donors (Lipinski definition) is 2. The van der Waals surface area contributed by atoms with Crippen LogP contribution in [0.2, 0.25) is 0 Å². The van der Waals surface area contributed by atoms with Gasteiger partial charge in [0.25, 0.3) is 0 Å². The standard InChI is InChI=1S/C24H32O2S2.C18H17NS3.C17H16N2O4S3.C13H13NS.C5H6BrNS/c1-4-6-10-19(5-2)18-26-24(25)15-16-28-23-17-21(27-3)13-14-22(23)20-11-8-7-9-12-20;1-3-17-19-12-18(22-17)21-16-11-14(20-2)9-10-15(16)13-7-5-4-6-8-13;1-25(20,21)13-7-8-14(12-5-3-2-4-6-12)15(9-13)26(22,23)17-11-19-16(10-18)24-17;1-15-11-7-8-12(13(14)9-11)10-5-3-2-4-6-10;1-2-5-7-3-4(6)8-5/h7-9,11-14,17,19H,4-6,10,15-16,18H2,1-3H3;4-12H,3H2,1-2H3;2-9,11H,10,18H2,1H3;2-9H,14H2,1H3;3H,2H2,1H3. The van der Waals surface area contributed by atoms with Crippen molar-refractivity contribution in [3.05, 3.63) is 232 Å². The highest BCUT2D eigenvalue weighted by Crippen LogP contribution is 2.41. The number of thioether (sulfide) groups is 4. The number of nitrogens with two attached hydrogens (primary N) is 2. The molecule has 1 unspecified atom stereocenters. The third-order valence-electron chi connectivity index (χ3n) is 15.1. The molecule has 0 aliphatic rings. The summed E-state index contributed by atoms with van der Waals surface area (Å²) in [5.74, 6) is 1.16. The summed E-state index contributed by atoms with van der Waals surface area (Å²) in [6.45, 7) is 9.33. The van der Waals surface area contributed by atoms with Crippen molar-refractivity contribution in [1.82, 2.24) is 15.0 Å². The molecule has 0 saturated heterocycles. The third-order valence-corrected chi connectivity index (χ3v) is 26.6. The summed E-state index contributed by atoms with van der Waals surface area (Å²) in [5.41, 5.74) is 20.7. The minimum atomic E-state index is -3.95. The predicted octanol–water partition coefficient (Wildman–Crippen LogP) is 22.2. The van der Waals surface area contributed by atoms with Crippen LogP contribution in [-0.2, 0) is 48.6 Å².